The van der Waals surface area contributed by atoms with Crippen LogP contribution >= 0.6 is 34.7 Å². The van der Waals surface area contributed by atoms with Gasteiger partial charge in [-0.1, -0.05) is 11.6 Å². The van der Waals surface area contributed by atoms with E-state index in [-0.39, 0.29) is 0 Å². The number of hydrogen-bond donors (Lipinski definition) is 1. The van der Waals surface area contributed by atoms with E-state index < -0.39 is 17.2 Å². The summed E-state index contributed by atoms with van der Waals surface area (Å²) in [6.07, 6.45) is -3.22. The van der Waals surface area contributed by atoms with Crippen LogP contribution in [0, 0.1) is 0 Å². The predicted molar refractivity (Wildman–Crippen MR) is 76.2 cm³/mol. The predicted octanol–water partition coefficient (Wildman–Crippen LogP) is 4.61. The Morgan fingerprint density at radius 2 is 1.95 bits per heavy atom. The fourth-order valence-corrected chi connectivity index (χ4v) is 3.28. The number of rotatable bonds is 4. The topological polar surface area (TPSA) is 38.9 Å². The highest BCUT2D eigenvalue weighted by atomic mass is 35.5. The van der Waals surface area contributed by atoms with Crippen LogP contribution in [0.2, 0.25) is 5.02 Å². The van der Waals surface area contributed by atoms with E-state index in [0.29, 0.717) is 27.0 Å². The van der Waals surface area contributed by atoms with E-state index in [2.05, 4.69) is 4.98 Å². The van der Waals surface area contributed by atoms with E-state index in [1.54, 1.807) is 12.1 Å². The summed E-state index contributed by atoms with van der Waals surface area (Å²) < 4.78 is 37.3. The molecular formula is C12H10ClF3N2S2. The molecule has 0 aliphatic heterocycles. The molecule has 20 heavy (non-hydrogen) atoms. The van der Waals surface area contributed by atoms with Crippen molar-refractivity contribution >= 4 is 34.7 Å². The monoisotopic (exact) mass is 338 g/mol. The lowest BCUT2D eigenvalue weighted by atomic mass is 10.3. The second kappa shape index (κ2) is 6.34. The van der Waals surface area contributed by atoms with E-state index in [4.69, 9.17) is 17.3 Å². The Morgan fingerprint density at radius 1 is 1.30 bits per heavy atom. The maximum absolute atomic E-state index is 12.4. The van der Waals surface area contributed by atoms with Crippen LogP contribution in [0.1, 0.15) is 15.9 Å². The van der Waals surface area contributed by atoms with Crippen LogP contribution in [-0.2, 0) is 6.18 Å². The molecule has 0 amide bonds. The zero-order valence-corrected chi connectivity index (χ0v) is 12.4. The van der Waals surface area contributed by atoms with Crippen LogP contribution < -0.4 is 5.73 Å². The summed E-state index contributed by atoms with van der Waals surface area (Å²) in [6, 6.07) is 6.71. The summed E-state index contributed by atoms with van der Waals surface area (Å²) >= 11 is 7.82. The second-order valence-corrected chi connectivity index (χ2v) is 6.53. The van der Waals surface area contributed by atoms with Gasteiger partial charge in [0, 0.05) is 26.7 Å². The number of alkyl halides is 3. The zero-order chi connectivity index (χ0) is 14.8. The van der Waals surface area contributed by atoms with Crippen molar-refractivity contribution in [2.24, 2.45) is 5.73 Å². The van der Waals surface area contributed by atoms with Crippen LogP contribution in [0.4, 0.5) is 13.2 Å². The molecule has 0 aliphatic rings. The molecule has 1 aromatic carbocycles. The lowest BCUT2D eigenvalue weighted by Gasteiger charge is -2.08. The summed E-state index contributed by atoms with van der Waals surface area (Å²) in [5.41, 5.74) is 5.89. The summed E-state index contributed by atoms with van der Waals surface area (Å²) in [5.74, 6) is 0.473. The van der Waals surface area contributed by atoms with Crippen LogP contribution in [0.25, 0.3) is 0 Å². The first-order chi connectivity index (χ1) is 9.36. The number of thioether (sulfide) groups is 1. The molecule has 0 bridgehead atoms. The van der Waals surface area contributed by atoms with Crippen molar-refractivity contribution < 1.29 is 13.2 Å². The number of halogens is 4. The van der Waals surface area contributed by atoms with Crippen molar-refractivity contribution in [1.82, 2.24) is 4.98 Å². The first-order valence-electron chi connectivity index (χ1n) is 5.53. The number of thiazole rings is 1. The molecule has 0 radical (unpaired) electrons. The summed E-state index contributed by atoms with van der Waals surface area (Å²) in [6.45, 7) is 0. The third-order valence-corrected chi connectivity index (χ3v) is 4.93. The van der Waals surface area contributed by atoms with E-state index in [9.17, 15) is 13.2 Å². The molecule has 0 aliphatic carbocycles. The fraction of sp³-hybridized carbons (Fsp3) is 0.250. The van der Waals surface area contributed by atoms with E-state index in [0.717, 1.165) is 4.90 Å². The van der Waals surface area contributed by atoms with Crippen LogP contribution in [0.15, 0.2) is 35.4 Å². The van der Waals surface area contributed by atoms with Gasteiger partial charge >= 0.3 is 6.18 Å². The van der Waals surface area contributed by atoms with Crippen molar-refractivity contribution in [2.45, 2.75) is 17.1 Å². The standard InChI is InChI=1S/C12H10ClF3N2S2/c13-7-1-3-8(4-2-7)19-6-9(17)10-5-18-11(20-10)12(14,15)16/h1-5,9H,6,17H2. The van der Waals surface area contributed by atoms with Gasteiger partial charge in [0.2, 0.25) is 0 Å². The van der Waals surface area contributed by atoms with Gasteiger partial charge in [-0.2, -0.15) is 13.2 Å². The summed E-state index contributed by atoms with van der Waals surface area (Å²) in [7, 11) is 0. The minimum Gasteiger partial charge on any atom is -0.323 e. The molecule has 2 aromatic rings. The molecule has 108 valence electrons. The lowest BCUT2D eigenvalue weighted by molar-refractivity contribution is -0.137. The van der Waals surface area contributed by atoms with Gasteiger partial charge < -0.3 is 5.73 Å². The molecule has 1 unspecified atom stereocenters. The summed E-state index contributed by atoms with van der Waals surface area (Å²) in [5, 5.41) is -0.227. The lowest BCUT2D eigenvalue weighted by Crippen LogP contribution is -2.11. The highest BCUT2D eigenvalue weighted by Crippen LogP contribution is 2.35. The Balaban J connectivity index is 1.96. The zero-order valence-electron chi connectivity index (χ0n) is 10.0. The number of aromatic nitrogens is 1. The molecule has 1 aromatic heterocycles. The van der Waals surface area contributed by atoms with Crippen molar-refractivity contribution in [3.63, 3.8) is 0 Å². The smallest absolute Gasteiger partial charge is 0.323 e. The Hall–Kier alpha value is -0.760. The third-order valence-electron chi connectivity index (χ3n) is 2.37. The quantitative estimate of drug-likeness (QED) is 0.827. The largest absolute Gasteiger partial charge is 0.443 e. The van der Waals surface area contributed by atoms with Gasteiger partial charge in [0.25, 0.3) is 0 Å². The Morgan fingerprint density at radius 3 is 2.50 bits per heavy atom. The number of benzene rings is 1. The highest BCUT2D eigenvalue weighted by molar-refractivity contribution is 7.99. The minimum atomic E-state index is -4.41. The Kier molecular flexibility index (Phi) is 4.95. The molecule has 2 N–H and O–H groups in total. The average molecular weight is 339 g/mol. The van der Waals surface area contributed by atoms with Gasteiger partial charge in [-0.15, -0.1) is 23.1 Å². The van der Waals surface area contributed by atoms with Gasteiger partial charge in [-0.05, 0) is 24.3 Å². The molecule has 0 spiro atoms. The van der Waals surface area contributed by atoms with Crippen LogP contribution in [0.5, 0.6) is 0 Å². The fourth-order valence-electron chi connectivity index (χ4n) is 1.39. The first-order valence-corrected chi connectivity index (χ1v) is 7.71. The molecule has 0 saturated heterocycles. The number of nitrogens with two attached hydrogens (primary N) is 1. The maximum Gasteiger partial charge on any atom is 0.443 e. The molecule has 2 rings (SSSR count). The molecule has 0 fully saturated rings. The first kappa shape index (κ1) is 15.6. The average Bonchev–Trinajstić information content (AvgIpc) is 2.87. The van der Waals surface area contributed by atoms with Gasteiger partial charge in [0.15, 0.2) is 5.01 Å². The van der Waals surface area contributed by atoms with Crippen LogP contribution in [-0.4, -0.2) is 10.7 Å². The van der Waals surface area contributed by atoms with Gasteiger partial charge in [-0.25, -0.2) is 4.98 Å². The summed E-state index contributed by atoms with van der Waals surface area (Å²) in [4.78, 5) is 4.75. The van der Waals surface area contributed by atoms with Crippen molar-refractivity contribution in [2.75, 3.05) is 5.75 Å². The Labute approximate surface area is 127 Å². The van der Waals surface area contributed by atoms with E-state index in [1.807, 2.05) is 12.1 Å². The third kappa shape index (κ3) is 4.12. The maximum atomic E-state index is 12.4. The minimum absolute atomic E-state index is 0.429. The van der Waals surface area contributed by atoms with Crippen LogP contribution in [0.3, 0.4) is 0 Å². The number of hydrogen-bond acceptors (Lipinski definition) is 4. The number of nitrogens with zero attached hydrogens (tertiary/aromatic N) is 1. The normalized spacial score (nSPS) is 13.4. The SMILES string of the molecule is NC(CSc1ccc(Cl)cc1)c1cnc(C(F)(F)F)s1. The van der Waals surface area contributed by atoms with E-state index >= 15 is 0 Å². The molecule has 0 saturated carbocycles. The van der Waals surface area contributed by atoms with Gasteiger partial charge in [-0.3, -0.25) is 0 Å². The van der Waals surface area contributed by atoms with Crippen molar-refractivity contribution in [3.05, 3.63) is 45.4 Å². The van der Waals surface area contributed by atoms with Crippen molar-refractivity contribution in [1.29, 1.82) is 0 Å². The molecule has 1 heterocycles. The van der Waals surface area contributed by atoms with Crippen molar-refractivity contribution in [3.8, 4) is 0 Å². The van der Waals surface area contributed by atoms with E-state index in [1.165, 1.54) is 18.0 Å². The molecular weight excluding hydrogens is 329 g/mol. The molecule has 2 nitrogen and oxygen atoms in total. The van der Waals surface area contributed by atoms with Gasteiger partial charge in [0.05, 0.1) is 6.04 Å². The Bertz CT molecular complexity index is 569. The second-order valence-electron chi connectivity index (χ2n) is 3.94. The van der Waals surface area contributed by atoms with Gasteiger partial charge in [0.1, 0.15) is 0 Å². The highest BCUT2D eigenvalue weighted by Gasteiger charge is 2.35. The molecule has 1 atom stereocenters. The molecule has 8 heteroatoms.